The number of benzene rings is 1. The molecule has 0 spiro atoms. The van der Waals surface area contributed by atoms with Crippen LogP contribution >= 0.6 is 12.4 Å². The van der Waals surface area contributed by atoms with Crippen LogP contribution in [-0.2, 0) is 4.79 Å². The molecule has 0 aliphatic heterocycles. The molecule has 1 aromatic rings. The number of ketones is 2. The summed E-state index contributed by atoms with van der Waals surface area (Å²) in [5, 5.41) is 8.58. The molecular weight excluding hydrogens is 232 g/mol. The summed E-state index contributed by atoms with van der Waals surface area (Å²) in [6, 6.07) is 6.43. The van der Waals surface area contributed by atoms with E-state index in [2.05, 4.69) is 0 Å². The molecule has 0 heterocycles. The van der Waals surface area contributed by atoms with Crippen molar-refractivity contribution < 1.29 is 19.5 Å². The highest BCUT2D eigenvalue weighted by atomic mass is 35.5. The molecule has 1 aliphatic rings. The van der Waals surface area contributed by atoms with Gasteiger partial charge in [-0.2, -0.15) is 0 Å². The van der Waals surface area contributed by atoms with Crippen molar-refractivity contribution >= 4 is 29.9 Å². The van der Waals surface area contributed by atoms with E-state index in [1.165, 1.54) is 0 Å². The van der Waals surface area contributed by atoms with Crippen LogP contribution in [0.3, 0.4) is 0 Å². The number of fused-ring (bicyclic) bond motifs is 1. The van der Waals surface area contributed by atoms with Gasteiger partial charge in [0.1, 0.15) is 0 Å². The van der Waals surface area contributed by atoms with Crippen molar-refractivity contribution in [3.63, 3.8) is 0 Å². The van der Waals surface area contributed by atoms with Gasteiger partial charge in [-0.3, -0.25) is 14.4 Å². The maximum atomic E-state index is 11.7. The van der Waals surface area contributed by atoms with Crippen LogP contribution in [0.2, 0.25) is 0 Å². The highest BCUT2D eigenvalue weighted by Gasteiger charge is 2.39. The smallest absolute Gasteiger partial charge is 0.304 e. The first-order valence-electron chi connectivity index (χ1n) is 4.50. The number of hydrogen-bond donors (Lipinski definition) is 1. The maximum absolute atomic E-state index is 11.7. The Balaban J connectivity index is 0.00000128. The van der Waals surface area contributed by atoms with E-state index in [0.29, 0.717) is 11.1 Å². The van der Waals surface area contributed by atoms with Crippen LogP contribution in [0.1, 0.15) is 27.1 Å². The van der Waals surface area contributed by atoms with E-state index in [1.54, 1.807) is 24.3 Å². The number of aliphatic carboxylic acids is 1. The zero-order chi connectivity index (χ0) is 11.0. The molecule has 0 amide bonds. The molecule has 0 fully saturated rings. The molecule has 5 heteroatoms. The normalized spacial score (nSPS) is 14.5. The topological polar surface area (TPSA) is 71.4 Å². The molecule has 0 saturated heterocycles. The van der Waals surface area contributed by atoms with Gasteiger partial charge in [-0.25, -0.2) is 0 Å². The molecule has 0 atom stereocenters. The molecule has 0 saturated carbocycles. The molecule has 16 heavy (non-hydrogen) atoms. The monoisotopic (exact) mass is 240 g/mol. The molecular formula is C11H9ClO4. The third-order valence-electron chi connectivity index (χ3n) is 2.47. The SMILES string of the molecule is Cl.O=C(O)CC1C(=O)c2ccccc2C1=O. The van der Waals surface area contributed by atoms with Crippen LogP contribution in [0.15, 0.2) is 24.3 Å². The van der Waals surface area contributed by atoms with Gasteiger partial charge in [0.05, 0.1) is 12.3 Å². The van der Waals surface area contributed by atoms with Crippen LogP contribution in [-0.4, -0.2) is 22.6 Å². The Bertz CT molecular complexity index is 432. The van der Waals surface area contributed by atoms with Crippen LogP contribution in [0.25, 0.3) is 0 Å². The van der Waals surface area contributed by atoms with E-state index in [-0.39, 0.29) is 24.0 Å². The van der Waals surface area contributed by atoms with E-state index in [0.717, 1.165) is 0 Å². The lowest BCUT2D eigenvalue weighted by Crippen LogP contribution is -2.19. The first-order chi connectivity index (χ1) is 7.11. The number of carboxylic acids is 1. The lowest BCUT2D eigenvalue weighted by Gasteiger charge is -2.00. The molecule has 0 radical (unpaired) electrons. The number of carbonyl (C=O) groups excluding carboxylic acids is 2. The van der Waals surface area contributed by atoms with Crippen molar-refractivity contribution in [3.05, 3.63) is 35.4 Å². The largest absolute Gasteiger partial charge is 0.481 e. The average molecular weight is 241 g/mol. The molecule has 0 aromatic heterocycles. The fourth-order valence-electron chi connectivity index (χ4n) is 1.77. The molecule has 1 aliphatic carbocycles. The van der Waals surface area contributed by atoms with Crippen LogP contribution in [0.5, 0.6) is 0 Å². The minimum Gasteiger partial charge on any atom is -0.481 e. The second kappa shape index (κ2) is 4.45. The van der Waals surface area contributed by atoms with Gasteiger partial charge < -0.3 is 5.11 Å². The summed E-state index contributed by atoms with van der Waals surface area (Å²) in [7, 11) is 0. The second-order valence-corrected chi connectivity index (χ2v) is 3.42. The van der Waals surface area contributed by atoms with Gasteiger partial charge >= 0.3 is 5.97 Å². The van der Waals surface area contributed by atoms with E-state index < -0.39 is 18.3 Å². The number of hydrogen-bond acceptors (Lipinski definition) is 3. The zero-order valence-corrected chi connectivity index (χ0v) is 8.99. The predicted octanol–water partition coefficient (Wildman–Crippen LogP) is 1.58. The molecule has 4 nitrogen and oxygen atoms in total. The lowest BCUT2D eigenvalue weighted by atomic mass is 10.0. The standard InChI is InChI=1S/C11H8O4.ClH/c12-9(13)5-8-10(14)6-3-1-2-4-7(6)11(8)15;/h1-4,8H,5H2,(H,12,13);1H. The van der Waals surface area contributed by atoms with E-state index in [4.69, 9.17) is 5.11 Å². The van der Waals surface area contributed by atoms with E-state index in [1.807, 2.05) is 0 Å². The Morgan fingerprint density at radius 1 is 1.12 bits per heavy atom. The minimum absolute atomic E-state index is 0. The highest BCUT2D eigenvalue weighted by molar-refractivity contribution is 6.27. The van der Waals surface area contributed by atoms with Crippen molar-refractivity contribution in [1.29, 1.82) is 0 Å². The summed E-state index contributed by atoms with van der Waals surface area (Å²) in [5.41, 5.74) is 0.683. The number of carbonyl (C=O) groups is 3. The first kappa shape index (κ1) is 12.4. The van der Waals surface area contributed by atoms with Crippen molar-refractivity contribution in [2.24, 2.45) is 5.92 Å². The summed E-state index contributed by atoms with van der Waals surface area (Å²) in [6.45, 7) is 0. The van der Waals surface area contributed by atoms with Crippen molar-refractivity contribution in [2.45, 2.75) is 6.42 Å². The highest BCUT2D eigenvalue weighted by Crippen LogP contribution is 2.28. The molecule has 0 bridgehead atoms. The molecule has 1 N–H and O–H groups in total. The Hall–Kier alpha value is -1.68. The van der Waals surface area contributed by atoms with Gasteiger partial charge in [0.15, 0.2) is 11.6 Å². The van der Waals surface area contributed by atoms with Gasteiger partial charge in [0.2, 0.25) is 0 Å². The summed E-state index contributed by atoms with van der Waals surface area (Å²) in [6.07, 6.45) is -0.424. The van der Waals surface area contributed by atoms with Crippen LogP contribution in [0, 0.1) is 5.92 Å². The Kier molecular flexibility index (Phi) is 3.44. The minimum atomic E-state index is -1.13. The molecule has 0 unspecified atom stereocenters. The van der Waals surface area contributed by atoms with Gasteiger partial charge in [-0.15, -0.1) is 12.4 Å². The van der Waals surface area contributed by atoms with Crippen LogP contribution in [0.4, 0.5) is 0 Å². The quantitative estimate of drug-likeness (QED) is 0.797. The third-order valence-corrected chi connectivity index (χ3v) is 2.47. The van der Waals surface area contributed by atoms with Crippen molar-refractivity contribution in [2.75, 3.05) is 0 Å². The van der Waals surface area contributed by atoms with E-state index in [9.17, 15) is 14.4 Å². The molecule has 84 valence electrons. The zero-order valence-electron chi connectivity index (χ0n) is 8.17. The van der Waals surface area contributed by atoms with Gasteiger partial charge in [-0.1, -0.05) is 24.3 Å². The summed E-state index contributed by atoms with van der Waals surface area (Å²) in [4.78, 5) is 33.8. The Labute approximate surface area is 97.7 Å². The number of halogens is 1. The molecule has 1 aromatic carbocycles. The van der Waals surface area contributed by atoms with Crippen molar-refractivity contribution in [3.8, 4) is 0 Å². The Morgan fingerprint density at radius 3 is 1.94 bits per heavy atom. The predicted molar refractivity (Wildman–Crippen MR) is 58.1 cm³/mol. The fraction of sp³-hybridized carbons (Fsp3) is 0.182. The summed E-state index contributed by atoms with van der Waals surface area (Å²) >= 11 is 0. The number of Topliss-reactive ketones (excluding diaryl/α,β-unsaturated/α-hetero) is 2. The fourth-order valence-corrected chi connectivity index (χ4v) is 1.77. The van der Waals surface area contributed by atoms with Gasteiger partial charge in [0.25, 0.3) is 0 Å². The summed E-state index contributed by atoms with van der Waals surface area (Å²) in [5.74, 6) is -2.91. The van der Waals surface area contributed by atoms with Crippen LogP contribution < -0.4 is 0 Å². The van der Waals surface area contributed by atoms with Gasteiger partial charge in [-0.05, 0) is 0 Å². The lowest BCUT2D eigenvalue weighted by molar-refractivity contribution is -0.137. The average Bonchev–Trinajstić information content (AvgIpc) is 2.44. The number of carboxylic acid groups (broad SMARTS) is 1. The van der Waals surface area contributed by atoms with Crippen molar-refractivity contribution in [1.82, 2.24) is 0 Å². The Morgan fingerprint density at radius 2 is 1.56 bits per heavy atom. The number of rotatable bonds is 2. The maximum Gasteiger partial charge on any atom is 0.304 e. The second-order valence-electron chi connectivity index (χ2n) is 3.42. The van der Waals surface area contributed by atoms with E-state index >= 15 is 0 Å². The van der Waals surface area contributed by atoms with Gasteiger partial charge in [0, 0.05) is 11.1 Å². The molecule has 2 rings (SSSR count). The summed E-state index contributed by atoms with van der Waals surface area (Å²) < 4.78 is 0. The third kappa shape index (κ3) is 1.84. The first-order valence-corrected chi connectivity index (χ1v) is 4.50.